The van der Waals surface area contributed by atoms with Crippen LogP contribution in [-0.4, -0.2) is 25.0 Å². The lowest BCUT2D eigenvalue weighted by molar-refractivity contribution is -0.0931. The third-order valence-electron chi connectivity index (χ3n) is 5.95. The Labute approximate surface area is 157 Å². The van der Waals surface area contributed by atoms with E-state index >= 15 is 0 Å². The van der Waals surface area contributed by atoms with E-state index in [-0.39, 0.29) is 24.1 Å². The Morgan fingerprint density at radius 3 is 2.24 bits per heavy atom. The van der Waals surface area contributed by atoms with Crippen LogP contribution in [0, 0.1) is 6.92 Å². The maximum atomic E-state index is 6.80. The highest BCUT2D eigenvalue weighted by molar-refractivity contribution is 5.85. The second-order valence-electron chi connectivity index (χ2n) is 7.68. The summed E-state index contributed by atoms with van der Waals surface area (Å²) in [5.41, 5.74) is 5.28. The first-order valence-corrected chi connectivity index (χ1v) is 9.09. The topological polar surface area (TPSA) is 12.5 Å². The predicted molar refractivity (Wildman–Crippen MR) is 105 cm³/mol. The predicted octanol–water partition coefficient (Wildman–Crippen LogP) is 5.24. The minimum atomic E-state index is -0.0847. The molecule has 1 aliphatic carbocycles. The van der Waals surface area contributed by atoms with Gasteiger partial charge in [-0.05, 0) is 63.4 Å². The number of hydrogen-bond acceptors (Lipinski definition) is 2. The molecule has 2 aromatic rings. The molecule has 1 atom stereocenters. The first-order valence-electron chi connectivity index (χ1n) is 9.09. The number of aryl methyl sites for hydroxylation is 1. The number of nitrogens with zero attached hydrogens (tertiary/aromatic N) is 1. The van der Waals surface area contributed by atoms with Gasteiger partial charge in [0.2, 0.25) is 0 Å². The zero-order chi connectivity index (χ0) is 16.7. The lowest BCUT2D eigenvalue weighted by atomic mass is 9.77. The van der Waals surface area contributed by atoms with Crippen molar-refractivity contribution in [1.82, 2.24) is 4.90 Å². The first-order chi connectivity index (χ1) is 11.6. The monoisotopic (exact) mass is 357 g/mol. The highest BCUT2D eigenvalue weighted by Gasteiger charge is 2.47. The summed E-state index contributed by atoms with van der Waals surface area (Å²) >= 11 is 0. The van der Waals surface area contributed by atoms with Crippen molar-refractivity contribution in [2.24, 2.45) is 0 Å². The van der Waals surface area contributed by atoms with Crippen molar-refractivity contribution >= 4 is 12.4 Å². The van der Waals surface area contributed by atoms with Gasteiger partial charge in [-0.3, -0.25) is 0 Å². The molecule has 3 heteroatoms. The summed E-state index contributed by atoms with van der Waals surface area (Å²) in [7, 11) is 4.39. The van der Waals surface area contributed by atoms with Crippen LogP contribution >= 0.6 is 12.4 Å². The lowest BCUT2D eigenvalue weighted by Crippen LogP contribution is -2.39. The molecule has 0 bridgehead atoms. The minimum Gasteiger partial charge on any atom is -0.358 e. The van der Waals surface area contributed by atoms with E-state index in [1.54, 1.807) is 0 Å². The van der Waals surface area contributed by atoms with E-state index < -0.39 is 0 Å². The molecule has 25 heavy (non-hydrogen) atoms. The van der Waals surface area contributed by atoms with Crippen LogP contribution in [0.3, 0.4) is 0 Å². The maximum absolute atomic E-state index is 6.80. The number of fused-ring (bicyclic) bond motifs is 2. The third-order valence-corrected chi connectivity index (χ3v) is 5.95. The zero-order valence-electron chi connectivity index (χ0n) is 15.4. The number of benzene rings is 2. The van der Waals surface area contributed by atoms with Crippen LogP contribution in [0.4, 0.5) is 0 Å². The molecule has 1 heterocycles. The number of ether oxygens (including phenoxy) is 1. The molecule has 0 aromatic heterocycles. The van der Waals surface area contributed by atoms with E-state index in [2.05, 4.69) is 74.4 Å². The van der Waals surface area contributed by atoms with E-state index in [0.717, 1.165) is 12.8 Å². The van der Waals surface area contributed by atoms with Gasteiger partial charge in [-0.2, -0.15) is 0 Å². The standard InChI is InChI=1S/C22H27NO.ClH/c1-16-8-10-17(11-9-16)21-19-6-4-5-7-20(19)22(24-21)14-12-18(13-15-22)23(2)3;/h4-11,18,21H,12-15H2,1-3H3;1H/t18?,21-,22?;/m1./s1. The van der Waals surface area contributed by atoms with Crippen LogP contribution in [0.5, 0.6) is 0 Å². The lowest BCUT2D eigenvalue weighted by Gasteiger charge is -2.40. The van der Waals surface area contributed by atoms with Gasteiger partial charge in [0, 0.05) is 6.04 Å². The smallest absolute Gasteiger partial charge is 0.109 e. The Morgan fingerprint density at radius 1 is 0.960 bits per heavy atom. The van der Waals surface area contributed by atoms with E-state index in [4.69, 9.17) is 4.74 Å². The van der Waals surface area contributed by atoms with Gasteiger partial charge < -0.3 is 9.64 Å². The van der Waals surface area contributed by atoms with Gasteiger partial charge in [-0.25, -0.2) is 0 Å². The molecule has 0 N–H and O–H groups in total. The first kappa shape index (κ1) is 18.4. The van der Waals surface area contributed by atoms with Crippen LogP contribution in [0.15, 0.2) is 48.5 Å². The van der Waals surface area contributed by atoms with Crippen molar-refractivity contribution in [3.8, 4) is 0 Å². The van der Waals surface area contributed by atoms with Crippen molar-refractivity contribution in [2.45, 2.75) is 50.4 Å². The quantitative estimate of drug-likeness (QED) is 0.729. The van der Waals surface area contributed by atoms with Gasteiger partial charge in [0.25, 0.3) is 0 Å². The fraction of sp³-hybridized carbons (Fsp3) is 0.455. The molecule has 1 fully saturated rings. The summed E-state index contributed by atoms with van der Waals surface area (Å²) in [6, 6.07) is 18.4. The molecule has 2 aliphatic rings. The molecule has 134 valence electrons. The molecule has 1 spiro atoms. The summed E-state index contributed by atoms with van der Waals surface area (Å²) in [5, 5.41) is 0. The number of halogens is 1. The average molecular weight is 358 g/mol. The Balaban J connectivity index is 0.00000182. The van der Waals surface area contributed by atoms with Crippen LogP contribution in [0.25, 0.3) is 0 Å². The molecule has 4 rings (SSSR count). The van der Waals surface area contributed by atoms with Crippen molar-refractivity contribution in [3.05, 3.63) is 70.8 Å². The Hall–Kier alpha value is -1.35. The normalized spacial score (nSPS) is 28.0. The largest absolute Gasteiger partial charge is 0.358 e. The molecule has 2 nitrogen and oxygen atoms in total. The summed E-state index contributed by atoms with van der Waals surface area (Å²) in [5.74, 6) is 0. The fourth-order valence-corrected chi connectivity index (χ4v) is 4.45. The fourth-order valence-electron chi connectivity index (χ4n) is 4.45. The van der Waals surface area contributed by atoms with Gasteiger partial charge in [0.1, 0.15) is 6.10 Å². The Morgan fingerprint density at radius 2 is 1.60 bits per heavy atom. The van der Waals surface area contributed by atoms with Gasteiger partial charge in [0.05, 0.1) is 5.60 Å². The van der Waals surface area contributed by atoms with Gasteiger partial charge in [-0.15, -0.1) is 12.4 Å². The SMILES string of the molecule is Cc1ccc([C@H]2OC3(CCC(N(C)C)CC3)c3ccccc32)cc1.Cl. The van der Waals surface area contributed by atoms with Crippen molar-refractivity contribution in [2.75, 3.05) is 14.1 Å². The summed E-state index contributed by atoms with van der Waals surface area (Å²) in [6.45, 7) is 2.14. The molecule has 0 unspecified atom stereocenters. The molecule has 2 aromatic carbocycles. The maximum Gasteiger partial charge on any atom is 0.109 e. The van der Waals surface area contributed by atoms with Crippen LogP contribution in [0.1, 0.15) is 54.0 Å². The summed E-state index contributed by atoms with van der Waals surface area (Å²) in [4.78, 5) is 2.37. The van der Waals surface area contributed by atoms with Gasteiger partial charge in [0.15, 0.2) is 0 Å². The zero-order valence-corrected chi connectivity index (χ0v) is 16.2. The second-order valence-corrected chi connectivity index (χ2v) is 7.68. The molecular weight excluding hydrogens is 330 g/mol. The van der Waals surface area contributed by atoms with E-state index in [1.165, 1.54) is 35.1 Å². The van der Waals surface area contributed by atoms with Gasteiger partial charge >= 0.3 is 0 Å². The minimum absolute atomic E-state index is 0. The van der Waals surface area contributed by atoms with E-state index in [9.17, 15) is 0 Å². The molecule has 0 saturated heterocycles. The van der Waals surface area contributed by atoms with E-state index in [0.29, 0.717) is 6.04 Å². The highest BCUT2D eigenvalue weighted by Crippen LogP contribution is 2.53. The van der Waals surface area contributed by atoms with Crippen LogP contribution in [-0.2, 0) is 10.3 Å². The molecule has 0 radical (unpaired) electrons. The van der Waals surface area contributed by atoms with Crippen LogP contribution in [0.2, 0.25) is 0 Å². The van der Waals surface area contributed by atoms with Gasteiger partial charge in [-0.1, -0.05) is 54.1 Å². The second kappa shape index (κ2) is 7.11. The van der Waals surface area contributed by atoms with Crippen molar-refractivity contribution < 1.29 is 4.74 Å². The Kier molecular flexibility index (Phi) is 5.24. The number of hydrogen-bond donors (Lipinski definition) is 0. The van der Waals surface area contributed by atoms with Crippen molar-refractivity contribution in [3.63, 3.8) is 0 Å². The van der Waals surface area contributed by atoms with Crippen molar-refractivity contribution in [1.29, 1.82) is 0 Å². The molecule has 1 saturated carbocycles. The summed E-state index contributed by atoms with van der Waals surface area (Å²) in [6.07, 6.45) is 4.74. The molecule has 0 amide bonds. The number of rotatable bonds is 2. The summed E-state index contributed by atoms with van der Waals surface area (Å²) < 4.78 is 6.80. The third kappa shape index (κ3) is 3.23. The molecular formula is C22H28ClNO. The average Bonchev–Trinajstić information content (AvgIpc) is 2.91. The highest BCUT2D eigenvalue weighted by atomic mass is 35.5. The molecule has 1 aliphatic heterocycles. The van der Waals surface area contributed by atoms with E-state index in [1.807, 2.05) is 0 Å². The Bertz CT molecular complexity index is 717. The van der Waals surface area contributed by atoms with Crippen LogP contribution < -0.4 is 0 Å².